The predicted molar refractivity (Wildman–Crippen MR) is 144 cm³/mol. The van der Waals surface area contributed by atoms with Crippen molar-refractivity contribution < 1.29 is 23.4 Å². The molecule has 0 radical (unpaired) electrons. The van der Waals surface area contributed by atoms with Crippen molar-refractivity contribution in [2.24, 2.45) is 0 Å². The highest BCUT2D eigenvalue weighted by atomic mass is 35.5. The molecule has 9 heteroatoms. The summed E-state index contributed by atoms with van der Waals surface area (Å²) in [6.07, 6.45) is 1.43. The van der Waals surface area contributed by atoms with Gasteiger partial charge in [0.15, 0.2) is 0 Å². The van der Waals surface area contributed by atoms with Crippen molar-refractivity contribution in [1.29, 1.82) is 0 Å². The summed E-state index contributed by atoms with van der Waals surface area (Å²) in [7, 11) is -3.99. The molecule has 3 aromatic carbocycles. The zero-order chi connectivity index (χ0) is 25.6. The summed E-state index contributed by atoms with van der Waals surface area (Å²) in [6, 6.07) is 18.1. The number of rotatable bonds is 11. The molecule has 0 bridgehead atoms. The van der Waals surface area contributed by atoms with Crippen molar-refractivity contribution in [3.05, 3.63) is 94.0 Å². The fourth-order valence-electron chi connectivity index (χ4n) is 3.92. The van der Waals surface area contributed by atoms with E-state index in [4.69, 9.17) is 11.6 Å². The van der Waals surface area contributed by atoms with Gasteiger partial charge in [-0.05, 0) is 72.9 Å². The molecule has 6 nitrogen and oxygen atoms in total. The molecule has 3 rings (SSSR count). The summed E-state index contributed by atoms with van der Waals surface area (Å²) < 4.78 is 26.4. The molecule has 0 heterocycles. The first kappa shape index (κ1) is 29.8. The molecule has 0 aliphatic heterocycles. The number of carboxylic acids is 1. The van der Waals surface area contributed by atoms with Crippen LogP contribution in [0.5, 0.6) is 0 Å². The lowest BCUT2D eigenvalue weighted by Crippen LogP contribution is -2.32. The Bertz CT molecular complexity index is 1280. The van der Waals surface area contributed by atoms with Crippen LogP contribution < -0.4 is 5.32 Å². The second-order valence-corrected chi connectivity index (χ2v) is 11.0. The molecule has 3 N–H and O–H groups in total. The van der Waals surface area contributed by atoms with Crippen LogP contribution in [0.2, 0.25) is 5.02 Å². The van der Waals surface area contributed by atoms with Crippen molar-refractivity contribution in [3.63, 3.8) is 0 Å². The molecule has 0 saturated carbocycles. The summed E-state index contributed by atoms with van der Waals surface area (Å²) in [5.74, 6) is -1.27. The quantitative estimate of drug-likeness (QED) is 0.290. The standard InChI is InChI=1S/C27H30ClNO5S.ClH/c1-3-5-19-10-13-26(24(15-19)27(31)32)35(33,34)23-11-8-20(9-12-23)14-18(2)29-17-25(30)21-6-4-7-22(28)16-21;/h4,6-13,15-16,18,25,29-30H,3,5,14,17H2,1-2H3,(H,31,32);1H/t18-,25-;/m1./s1. The van der Waals surface area contributed by atoms with Gasteiger partial charge in [0.05, 0.1) is 21.5 Å². The highest BCUT2D eigenvalue weighted by Crippen LogP contribution is 2.26. The Labute approximate surface area is 223 Å². The van der Waals surface area contributed by atoms with Gasteiger partial charge in [0.25, 0.3) is 0 Å². The largest absolute Gasteiger partial charge is 0.478 e. The minimum Gasteiger partial charge on any atom is -0.478 e. The molecule has 0 fully saturated rings. The zero-order valence-corrected chi connectivity index (χ0v) is 22.5. The van der Waals surface area contributed by atoms with Crippen LogP contribution in [0, 0.1) is 0 Å². The van der Waals surface area contributed by atoms with Crippen LogP contribution in [0.15, 0.2) is 76.5 Å². The Hall–Kier alpha value is -2.42. The molecule has 194 valence electrons. The summed E-state index contributed by atoms with van der Waals surface area (Å²) in [6.45, 7) is 4.30. The van der Waals surface area contributed by atoms with Crippen molar-refractivity contribution in [3.8, 4) is 0 Å². The van der Waals surface area contributed by atoms with Gasteiger partial charge >= 0.3 is 5.97 Å². The fourth-order valence-corrected chi connectivity index (χ4v) is 5.55. The van der Waals surface area contributed by atoms with Crippen molar-refractivity contribution >= 4 is 39.8 Å². The molecular weight excluding hydrogens is 521 g/mol. The van der Waals surface area contributed by atoms with E-state index < -0.39 is 21.9 Å². The van der Waals surface area contributed by atoms with Gasteiger partial charge in [-0.25, -0.2) is 13.2 Å². The minimum absolute atomic E-state index is 0. The van der Waals surface area contributed by atoms with Gasteiger partial charge in [0.2, 0.25) is 9.84 Å². The van der Waals surface area contributed by atoms with E-state index in [9.17, 15) is 23.4 Å². The topological polar surface area (TPSA) is 104 Å². The van der Waals surface area contributed by atoms with Gasteiger partial charge in [0, 0.05) is 17.6 Å². The molecule has 0 unspecified atom stereocenters. The maximum atomic E-state index is 13.2. The average molecular weight is 553 g/mol. The lowest BCUT2D eigenvalue weighted by Gasteiger charge is -2.18. The Morgan fingerprint density at radius 3 is 2.31 bits per heavy atom. The number of carbonyl (C=O) groups is 1. The van der Waals surface area contributed by atoms with Gasteiger partial charge < -0.3 is 15.5 Å². The lowest BCUT2D eigenvalue weighted by molar-refractivity contribution is 0.0692. The molecule has 3 aromatic rings. The molecule has 36 heavy (non-hydrogen) atoms. The smallest absolute Gasteiger partial charge is 0.337 e. The third kappa shape index (κ3) is 7.54. The number of aromatic carboxylic acids is 1. The Morgan fingerprint density at radius 2 is 1.69 bits per heavy atom. The van der Waals surface area contributed by atoms with Crippen LogP contribution in [0.25, 0.3) is 0 Å². The number of hydrogen-bond acceptors (Lipinski definition) is 5. The van der Waals surface area contributed by atoms with Crippen LogP contribution in [0.3, 0.4) is 0 Å². The van der Waals surface area contributed by atoms with E-state index in [1.54, 1.807) is 36.4 Å². The second kappa shape index (κ2) is 13.2. The normalized spacial score (nSPS) is 13.0. The first-order chi connectivity index (χ1) is 16.6. The van der Waals surface area contributed by atoms with E-state index in [-0.39, 0.29) is 33.8 Å². The number of aliphatic hydroxyl groups is 1. The van der Waals surface area contributed by atoms with Crippen LogP contribution in [0.1, 0.15) is 53.4 Å². The highest BCUT2D eigenvalue weighted by molar-refractivity contribution is 7.91. The number of aryl methyl sites for hydroxylation is 1. The third-order valence-electron chi connectivity index (χ3n) is 5.77. The van der Waals surface area contributed by atoms with Gasteiger partial charge in [-0.15, -0.1) is 12.4 Å². The van der Waals surface area contributed by atoms with Crippen molar-refractivity contribution in [2.45, 2.75) is 55.0 Å². The molecular formula is C27H31Cl2NO5S. The van der Waals surface area contributed by atoms with Gasteiger partial charge in [-0.2, -0.15) is 0 Å². The first-order valence-electron chi connectivity index (χ1n) is 11.5. The SMILES string of the molecule is CCCc1ccc(S(=O)(=O)c2ccc(C[C@@H](C)NC[C@@H](O)c3cccc(Cl)c3)cc2)c(C(=O)O)c1.Cl. The van der Waals surface area contributed by atoms with Crippen LogP contribution in [0.4, 0.5) is 0 Å². The van der Waals surface area contributed by atoms with E-state index in [1.165, 1.54) is 24.3 Å². The monoisotopic (exact) mass is 551 g/mol. The first-order valence-corrected chi connectivity index (χ1v) is 13.3. The second-order valence-electron chi connectivity index (χ2n) is 8.62. The van der Waals surface area contributed by atoms with Gasteiger partial charge in [-0.3, -0.25) is 0 Å². The summed E-state index contributed by atoms with van der Waals surface area (Å²) >= 11 is 5.98. The van der Waals surface area contributed by atoms with E-state index in [0.717, 1.165) is 23.1 Å². The summed E-state index contributed by atoms with van der Waals surface area (Å²) in [5.41, 5.74) is 2.23. The number of halogens is 2. The van der Waals surface area contributed by atoms with E-state index >= 15 is 0 Å². The van der Waals surface area contributed by atoms with E-state index in [2.05, 4.69) is 5.32 Å². The molecule has 0 spiro atoms. The number of hydrogen-bond donors (Lipinski definition) is 3. The number of aliphatic hydroxyl groups excluding tert-OH is 1. The Balaban J connectivity index is 0.00000456. The molecule has 0 amide bonds. The molecule has 0 saturated heterocycles. The minimum atomic E-state index is -3.99. The molecule has 0 aromatic heterocycles. The maximum absolute atomic E-state index is 13.2. The number of nitrogens with one attached hydrogen (secondary N) is 1. The fraction of sp³-hybridized carbons (Fsp3) is 0.296. The van der Waals surface area contributed by atoms with Gasteiger partial charge in [-0.1, -0.05) is 55.3 Å². The molecule has 2 atom stereocenters. The molecule has 0 aliphatic rings. The van der Waals surface area contributed by atoms with E-state index in [0.29, 0.717) is 24.4 Å². The van der Waals surface area contributed by atoms with Crippen molar-refractivity contribution in [2.75, 3.05) is 6.54 Å². The number of sulfone groups is 1. The lowest BCUT2D eigenvalue weighted by atomic mass is 10.1. The highest BCUT2D eigenvalue weighted by Gasteiger charge is 2.25. The number of carboxylic acid groups (broad SMARTS) is 1. The van der Waals surface area contributed by atoms with Gasteiger partial charge in [0.1, 0.15) is 0 Å². The molecule has 0 aliphatic carbocycles. The zero-order valence-electron chi connectivity index (χ0n) is 20.1. The average Bonchev–Trinajstić information content (AvgIpc) is 2.83. The van der Waals surface area contributed by atoms with E-state index in [1.807, 2.05) is 19.9 Å². The predicted octanol–water partition coefficient (Wildman–Crippen LogP) is 5.50. The summed E-state index contributed by atoms with van der Waals surface area (Å²) in [4.78, 5) is 11.6. The summed E-state index contributed by atoms with van der Waals surface area (Å²) in [5, 5.41) is 23.8. The third-order valence-corrected chi connectivity index (χ3v) is 7.83. The number of benzene rings is 3. The Morgan fingerprint density at radius 1 is 1.03 bits per heavy atom. The van der Waals surface area contributed by atoms with Crippen LogP contribution in [-0.4, -0.2) is 37.2 Å². The van der Waals surface area contributed by atoms with Crippen LogP contribution >= 0.6 is 24.0 Å². The maximum Gasteiger partial charge on any atom is 0.337 e. The van der Waals surface area contributed by atoms with Crippen molar-refractivity contribution in [1.82, 2.24) is 5.32 Å². The Kier molecular flexibility index (Phi) is 10.9. The van der Waals surface area contributed by atoms with Crippen LogP contribution in [-0.2, 0) is 22.7 Å².